The van der Waals surface area contributed by atoms with Crippen LogP contribution in [0.5, 0.6) is 0 Å². The molecule has 30 heavy (non-hydrogen) atoms. The third kappa shape index (κ3) is 4.00. The molecular weight excluding hydrogens is 376 g/mol. The molecule has 3 heterocycles. The highest BCUT2D eigenvalue weighted by molar-refractivity contribution is 5.94. The van der Waals surface area contributed by atoms with E-state index < -0.39 is 0 Å². The van der Waals surface area contributed by atoms with Gasteiger partial charge in [0, 0.05) is 47.0 Å². The summed E-state index contributed by atoms with van der Waals surface area (Å²) in [5, 5.41) is 8.28. The Morgan fingerprint density at radius 1 is 1.17 bits per heavy atom. The summed E-state index contributed by atoms with van der Waals surface area (Å²) in [6.45, 7) is 2.43. The fourth-order valence-electron chi connectivity index (χ4n) is 4.20. The maximum atomic E-state index is 12.9. The van der Waals surface area contributed by atoms with Crippen molar-refractivity contribution in [2.45, 2.75) is 19.4 Å². The van der Waals surface area contributed by atoms with Gasteiger partial charge in [-0.25, -0.2) is 0 Å². The average Bonchev–Trinajstić information content (AvgIpc) is 3.44. The van der Waals surface area contributed by atoms with Crippen LogP contribution in [-0.4, -0.2) is 34.0 Å². The van der Waals surface area contributed by atoms with Crippen LogP contribution in [0.2, 0.25) is 0 Å². The second-order valence-electron chi connectivity index (χ2n) is 7.91. The van der Waals surface area contributed by atoms with Gasteiger partial charge in [-0.05, 0) is 43.7 Å². The third-order valence-electron chi connectivity index (χ3n) is 5.72. The number of carbonyl (C=O) groups is 1. The van der Waals surface area contributed by atoms with Crippen molar-refractivity contribution in [2.24, 2.45) is 5.92 Å². The van der Waals surface area contributed by atoms with Crippen LogP contribution in [-0.2, 0) is 11.3 Å². The molecule has 2 aromatic carbocycles. The first-order valence-electron chi connectivity index (χ1n) is 10.4. The monoisotopic (exact) mass is 400 g/mol. The second kappa shape index (κ2) is 8.16. The molecule has 0 saturated carbocycles. The van der Waals surface area contributed by atoms with Crippen LogP contribution >= 0.6 is 0 Å². The van der Waals surface area contributed by atoms with E-state index in [1.165, 1.54) is 5.39 Å². The number of H-pyrrole nitrogens is 1. The minimum absolute atomic E-state index is 0.0256. The van der Waals surface area contributed by atoms with Crippen molar-refractivity contribution in [2.75, 3.05) is 18.4 Å². The van der Waals surface area contributed by atoms with E-state index in [0.717, 1.165) is 60.6 Å². The summed E-state index contributed by atoms with van der Waals surface area (Å²) in [6.07, 6.45) is 3.50. The van der Waals surface area contributed by atoms with E-state index in [2.05, 4.69) is 44.6 Å². The van der Waals surface area contributed by atoms with E-state index in [0.29, 0.717) is 0 Å². The van der Waals surface area contributed by atoms with Crippen molar-refractivity contribution >= 4 is 22.5 Å². The molecule has 2 aromatic heterocycles. The summed E-state index contributed by atoms with van der Waals surface area (Å²) in [5.74, 6) is 0.0519. The number of anilines is 1. The van der Waals surface area contributed by atoms with E-state index in [-0.39, 0.29) is 11.8 Å². The number of hydrogen-bond donors (Lipinski definition) is 2. The molecule has 1 unspecified atom stereocenters. The first-order valence-corrected chi connectivity index (χ1v) is 10.4. The zero-order valence-corrected chi connectivity index (χ0v) is 16.7. The third-order valence-corrected chi connectivity index (χ3v) is 5.72. The van der Waals surface area contributed by atoms with Crippen molar-refractivity contribution in [1.29, 1.82) is 0 Å². The van der Waals surface area contributed by atoms with E-state index in [9.17, 15) is 4.79 Å². The van der Waals surface area contributed by atoms with E-state index in [1.807, 2.05) is 36.4 Å². The van der Waals surface area contributed by atoms with Gasteiger partial charge in [0.25, 0.3) is 0 Å². The number of benzene rings is 2. The number of piperidine rings is 1. The average molecular weight is 400 g/mol. The van der Waals surface area contributed by atoms with Gasteiger partial charge in [0.1, 0.15) is 6.26 Å². The maximum Gasteiger partial charge on any atom is 0.228 e. The van der Waals surface area contributed by atoms with E-state index in [4.69, 9.17) is 4.52 Å². The van der Waals surface area contributed by atoms with Crippen molar-refractivity contribution < 1.29 is 9.32 Å². The Balaban J connectivity index is 1.27. The Morgan fingerprint density at radius 3 is 2.97 bits per heavy atom. The minimum atomic E-state index is -0.0256. The zero-order chi connectivity index (χ0) is 20.3. The van der Waals surface area contributed by atoms with Gasteiger partial charge in [-0.2, -0.15) is 0 Å². The van der Waals surface area contributed by atoms with Gasteiger partial charge >= 0.3 is 0 Å². The topological polar surface area (TPSA) is 74.2 Å². The summed E-state index contributed by atoms with van der Waals surface area (Å²) < 4.78 is 4.92. The molecule has 2 N–H and O–H groups in total. The molecule has 1 fully saturated rings. The van der Waals surface area contributed by atoms with Crippen LogP contribution < -0.4 is 5.32 Å². The molecule has 6 nitrogen and oxygen atoms in total. The maximum absolute atomic E-state index is 12.9. The summed E-state index contributed by atoms with van der Waals surface area (Å²) >= 11 is 0. The van der Waals surface area contributed by atoms with Gasteiger partial charge in [-0.15, -0.1) is 0 Å². The normalized spacial score (nSPS) is 17.3. The number of hydrogen-bond acceptors (Lipinski definition) is 4. The van der Waals surface area contributed by atoms with E-state index in [1.54, 1.807) is 6.26 Å². The number of carbonyl (C=O) groups excluding carboxylic acids is 1. The number of aromatic amines is 1. The van der Waals surface area contributed by atoms with Gasteiger partial charge in [0.05, 0.1) is 11.6 Å². The Kier molecular flexibility index (Phi) is 5.07. The smallest absolute Gasteiger partial charge is 0.228 e. The molecule has 1 aliphatic rings. The van der Waals surface area contributed by atoms with Crippen LogP contribution in [0.25, 0.3) is 22.2 Å². The Hall–Kier alpha value is -3.38. The fraction of sp³-hybridized carbons (Fsp3) is 0.250. The minimum Gasteiger partial charge on any atom is -0.364 e. The summed E-state index contributed by atoms with van der Waals surface area (Å²) in [5.41, 5.74) is 4.94. The molecule has 4 aromatic rings. The van der Waals surface area contributed by atoms with Gasteiger partial charge < -0.3 is 14.8 Å². The molecule has 0 spiro atoms. The number of nitrogens with zero attached hydrogens (tertiary/aromatic N) is 2. The highest BCUT2D eigenvalue weighted by atomic mass is 16.5. The van der Waals surface area contributed by atoms with Gasteiger partial charge in [-0.1, -0.05) is 35.5 Å². The van der Waals surface area contributed by atoms with Crippen LogP contribution in [0.4, 0.5) is 5.69 Å². The van der Waals surface area contributed by atoms with Crippen molar-refractivity contribution in [3.63, 3.8) is 0 Å². The van der Waals surface area contributed by atoms with E-state index >= 15 is 0 Å². The molecule has 152 valence electrons. The number of amides is 1. The zero-order valence-electron chi connectivity index (χ0n) is 16.7. The largest absolute Gasteiger partial charge is 0.364 e. The summed E-state index contributed by atoms with van der Waals surface area (Å²) in [7, 11) is 0. The lowest BCUT2D eigenvalue weighted by Crippen LogP contribution is -2.40. The Labute approximate surface area is 174 Å². The lowest BCUT2D eigenvalue weighted by molar-refractivity contribution is -0.121. The molecule has 1 aliphatic heterocycles. The summed E-state index contributed by atoms with van der Waals surface area (Å²) in [6, 6.07) is 20.2. The quantitative estimate of drug-likeness (QED) is 0.510. The summed E-state index contributed by atoms with van der Waals surface area (Å²) in [4.78, 5) is 18.6. The molecule has 0 aliphatic carbocycles. The van der Waals surface area contributed by atoms with Gasteiger partial charge in [0.2, 0.25) is 5.91 Å². The predicted molar refractivity (Wildman–Crippen MR) is 117 cm³/mol. The van der Waals surface area contributed by atoms with Crippen LogP contribution in [0.15, 0.2) is 71.4 Å². The van der Waals surface area contributed by atoms with Crippen LogP contribution in [0.3, 0.4) is 0 Å². The molecule has 5 rings (SSSR count). The number of likely N-dealkylation sites (tertiary alicyclic amines) is 1. The number of rotatable bonds is 5. The second-order valence-corrected chi connectivity index (χ2v) is 7.91. The Bertz CT molecular complexity index is 1120. The van der Waals surface area contributed by atoms with Crippen molar-refractivity contribution in [1.82, 2.24) is 15.0 Å². The first-order chi connectivity index (χ1) is 14.7. The molecule has 6 heteroatoms. The molecule has 0 radical (unpaired) electrons. The SMILES string of the molecule is O=C(Nc1cccc(-c2cc3ccccc3[nH]2)c1)C1CCCN(Cc2ccon2)C1. The lowest BCUT2D eigenvalue weighted by atomic mass is 9.96. The standard InChI is InChI=1S/C24H24N4O2/c29-24(19-7-4-11-28(15-19)16-21-10-12-30-27-21)25-20-8-3-6-17(13-20)23-14-18-5-1-2-9-22(18)26-23/h1-3,5-6,8-10,12-14,19,26H,4,7,11,15-16H2,(H,25,29). The molecule has 1 amide bonds. The van der Waals surface area contributed by atoms with Crippen molar-refractivity contribution in [3.05, 3.63) is 72.6 Å². The highest BCUT2D eigenvalue weighted by Crippen LogP contribution is 2.27. The first kappa shape index (κ1) is 18.6. The fourth-order valence-corrected chi connectivity index (χ4v) is 4.20. The Morgan fingerprint density at radius 2 is 2.10 bits per heavy atom. The van der Waals surface area contributed by atoms with Crippen LogP contribution in [0, 0.1) is 5.92 Å². The highest BCUT2D eigenvalue weighted by Gasteiger charge is 2.26. The molecule has 1 saturated heterocycles. The number of para-hydroxylation sites is 1. The van der Waals surface area contributed by atoms with Gasteiger partial charge in [0.15, 0.2) is 0 Å². The number of fused-ring (bicyclic) bond motifs is 1. The lowest BCUT2D eigenvalue weighted by Gasteiger charge is -2.31. The van der Waals surface area contributed by atoms with Crippen molar-refractivity contribution in [3.8, 4) is 11.3 Å². The van der Waals surface area contributed by atoms with Gasteiger partial charge in [-0.3, -0.25) is 9.69 Å². The molecular formula is C24H24N4O2. The number of aromatic nitrogens is 2. The molecule has 1 atom stereocenters. The number of nitrogens with one attached hydrogen (secondary N) is 2. The predicted octanol–water partition coefficient (Wildman–Crippen LogP) is 4.67. The van der Waals surface area contributed by atoms with Crippen LogP contribution in [0.1, 0.15) is 18.5 Å². The molecule has 0 bridgehead atoms.